The van der Waals surface area contributed by atoms with Gasteiger partial charge in [0.25, 0.3) is 0 Å². The van der Waals surface area contributed by atoms with E-state index >= 15 is 0 Å². The molecule has 0 saturated carbocycles. The third kappa shape index (κ3) is 2.30. The Morgan fingerprint density at radius 2 is 1.81 bits per heavy atom. The fourth-order valence-corrected chi connectivity index (χ4v) is 3.08. The topological polar surface area (TPSA) is 49.8 Å². The monoisotopic (exact) mass is 285 g/mol. The van der Waals surface area contributed by atoms with Crippen LogP contribution in [-0.2, 0) is 15.1 Å². The molecule has 0 aliphatic carbocycles. The van der Waals surface area contributed by atoms with Crippen LogP contribution in [0.4, 0.5) is 0 Å². The molecule has 1 fully saturated rings. The summed E-state index contributed by atoms with van der Waals surface area (Å²) in [4.78, 5) is 14.1. The van der Waals surface area contributed by atoms with Crippen molar-refractivity contribution in [2.75, 3.05) is 26.3 Å². The summed E-state index contributed by atoms with van der Waals surface area (Å²) in [5.74, 6) is -0.819. The normalized spacial score (nSPS) is 19.3. The largest absolute Gasteiger partial charge is 0.480 e. The molecule has 3 rings (SSSR count). The van der Waals surface area contributed by atoms with Crippen LogP contribution in [0, 0.1) is 0 Å². The van der Waals surface area contributed by atoms with Crippen LogP contribution in [0.5, 0.6) is 0 Å². The Morgan fingerprint density at radius 1 is 1.14 bits per heavy atom. The number of benzene rings is 2. The van der Waals surface area contributed by atoms with Gasteiger partial charge in [-0.05, 0) is 23.3 Å². The van der Waals surface area contributed by atoms with E-state index in [-0.39, 0.29) is 0 Å². The Labute approximate surface area is 123 Å². The average molecular weight is 285 g/mol. The molecule has 1 aliphatic rings. The SMILES string of the molecule is CC(C(=O)O)(c1cccc2ccccc12)N1CCOCC1. The maximum atomic E-state index is 12.1. The van der Waals surface area contributed by atoms with E-state index in [9.17, 15) is 9.90 Å². The Bertz CT molecular complexity index is 659. The van der Waals surface area contributed by atoms with E-state index in [1.165, 1.54) is 0 Å². The van der Waals surface area contributed by atoms with Gasteiger partial charge in [-0.25, -0.2) is 4.79 Å². The number of hydrogen-bond donors (Lipinski definition) is 1. The minimum absolute atomic E-state index is 0.577. The van der Waals surface area contributed by atoms with E-state index in [0.29, 0.717) is 26.3 Å². The van der Waals surface area contributed by atoms with Gasteiger partial charge in [0, 0.05) is 13.1 Å². The lowest BCUT2D eigenvalue weighted by Gasteiger charge is -2.40. The zero-order chi connectivity index (χ0) is 14.9. The second kappa shape index (κ2) is 5.47. The van der Waals surface area contributed by atoms with Crippen LogP contribution in [0.2, 0.25) is 0 Å². The Balaban J connectivity index is 2.17. The number of carboxylic acids is 1. The highest BCUT2D eigenvalue weighted by atomic mass is 16.5. The lowest BCUT2D eigenvalue weighted by Crippen LogP contribution is -2.54. The van der Waals surface area contributed by atoms with Crippen molar-refractivity contribution >= 4 is 16.7 Å². The second-order valence-electron chi connectivity index (χ2n) is 5.50. The summed E-state index contributed by atoms with van der Waals surface area (Å²) in [7, 11) is 0. The van der Waals surface area contributed by atoms with Crippen molar-refractivity contribution in [2.45, 2.75) is 12.5 Å². The highest BCUT2D eigenvalue weighted by Gasteiger charge is 2.42. The van der Waals surface area contributed by atoms with Crippen LogP contribution in [0.1, 0.15) is 12.5 Å². The zero-order valence-electron chi connectivity index (χ0n) is 12.1. The number of ether oxygens (including phenoxy) is 1. The number of carbonyl (C=O) groups is 1. The molecule has 0 spiro atoms. The minimum atomic E-state index is -1.04. The third-order valence-electron chi connectivity index (χ3n) is 4.37. The smallest absolute Gasteiger partial charge is 0.328 e. The highest BCUT2D eigenvalue weighted by molar-refractivity contribution is 5.92. The van der Waals surface area contributed by atoms with Gasteiger partial charge < -0.3 is 9.84 Å². The van der Waals surface area contributed by atoms with Crippen LogP contribution < -0.4 is 0 Å². The van der Waals surface area contributed by atoms with E-state index in [4.69, 9.17) is 4.74 Å². The zero-order valence-corrected chi connectivity index (χ0v) is 12.1. The second-order valence-corrected chi connectivity index (χ2v) is 5.50. The van der Waals surface area contributed by atoms with E-state index in [0.717, 1.165) is 16.3 Å². The standard InChI is InChI=1S/C17H19NO3/c1-17(16(19)20,18-9-11-21-12-10-18)15-8-4-6-13-5-2-3-7-14(13)15/h2-8H,9-12H2,1H3,(H,19,20). The van der Waals surface area contributed by atoms with E-state index < -0.39 is 11.5 Å². The molecule has 1 heterocycles. The molecule has 4 heteroatoms. The molecule has 1 N–H and O–H groups in total. The average Bonchev–Trinajstić information content (AvgIpc) is 2.54. The van der Waals surface area contributed by atoms with Crippen molar-refractivity contribution in [3.63, 3.8) is 0 Å². The summed E-state index contributed by atoms with van der Waals surface area (Å²) >= 11 is 0. The minimum Gasteiger partial charge on any atom is -0.480 e. The summed E-state index contributed by atoms with van der Waals surface area (Å²) < 4.78 is 5.36. The fraction of sp³-hybridized carbons (Fsp3) is 0.353. The number of carboxylic acid groups (broad SMARTS) is 1. The van der Waals surface area contributed by atoms with Gasteiger partial charge in [-0.2, -0.15) is 0 Å². The van der Waals surface area contributed by atoms with Crippen LogP contribution >= 0.6 is 0 Å². The van der Waals surface area contributed by atoms with Crippen LogP contribution in [0.15, 0.2) is 42.5 Å². The van der Waals surface area contributed by atoms with Crippen molar-refractivity contribution in [3.05, 3.63) is 48.0 Å². The molecule has 1 atom stereocenters. The first kappa shape index (κ1) is 14.0. The molecule has 21 heavy (non-hydrogen) atoms. The molecule has 1 aliphatic heterocycles. The van der Waals surface area contributed by atoms with Crippen molar-refractivity contribution in [1.82, 2.24) is 4.90 Å². The summed E-state index contributed by atoms with van der Waals surface area (Å²) in [6.45, 7) is 4.21. The first-order chi connectivity index (χ1) is 10.1. The van der Waals surface area contributed by atoms with Gasteiger partial charge in [-0.15, -0.1) is 0 Å². The van der Waals surface area contributed by atoms with Gasteiger partial charge in [0.15, 0.2) is 0 Å². The first-order valence-corrected chi connectivity index (χ1v) is 7.18. The van der Waals surface area contributed by atoms with Crippen molar-refractivity contribution in [3.8, 4) is 0 Å². The molecule has 110 valence electrons. The van der Waals surface area contributed by atoms with Gasteiger partial charge in [0.1, 0.15) is 5.54 Å². The molecule has 0 amide bonds. The van der Waals surface area contributed by atoms with E-state index in [1.54, 1.807) is 6.92 Å². The summed E-state index contributed by atoms with van der Waals surface area (Å²) in [5.41, 5.74) is -0.194. The van der Waals surface area contributed by atoms with Gasteiger partial charge in [0.05, 0.1) is 13.2 Å². The summed E-state index contributed by atoms with van der Waals surface area (Å²) in [5, 5.41) is 12.0. The summed E-state index contributed by atoms with van der Waals surface area (Å²) in [6, 6.07) is 13.8. The van der Waals surface area contributed by atoms with Crippen LogP contribution in [-0.4, -0.2) is 42.3 Å². The molecular formula is C17H19NO3. The Morgan fingerprint density at radius 3 is 2.52 bits per heavy atom. The van der Waals surface area contributed by atoms with Crippen molar-refractivity contribution in [1.29, 1.82) is 0 Å². The predicted octanol–water partition coefficient (Wildman–Crippen LogP) is 2.47. The van der Waals surface area contributed by atoms with Gasteiger partial charge in [0.2, 0.25) is 0 Å². The Hall–Kier alpha value is -1.91. The summed E-state index contributed by atoms with van der Waals surface area (Å²) in [6.07, 6.45) is 0. The van der Waals surface area contributed by atoms with Gasteiger partial charge in [-0.1, -0.05) is 42.5 Å². The quantitative estimate of drug-likeness (QED) is 0.941. The maximum Gasteiger partial charge on any atom is 0.328 e. The van der Waals surface area contributed by atoms with Crippen LogP contribution in [0.3, 0.4) is 0 Å². The van der Waals surface area contributed by atoms with Crippen molar-refractivity contribution < 1.29 is 14.6 Å². The number of nitrogens with zero attached hydrogens (tertiary/aromatic N) is 1. The van der Waals surface area contributed by atoms with E-state index in [2.05, 4.69) is 0 Å². The number of rotatable bonds is 3. The van der Waals surface area contributed by atoms with Gasteiger partial charge in [-0.3, -0.25) is 4.90 Å². The third-order valence-corrected chi connectivity index (χ3v) is 4.37. The number of fused-ring (bicyclic) bond motifs is 1. The fourth-order valence-electron chi connectivity index (χ4n) is 3.08. The first-order valence-electron chi connectivity index (χ1n) is 7.18. The number of morpholine rings is 1. The molecule has 4 nitrogen and oxygen atoms in total. The molecule has 1 saturated heterocycles. The maximum absolute atomic E-state index is 12.1. The molecule has 0 bridgehead atoms. The molecule has 2 aromatic rings. The predicted molar refractivity (Wildman–Crippen MR) is 81.3 cm³/mol. The lowest BCUT2D eigenvalue weighted by molar-refractivity contribution is -0.154. The molecule has 0 aromatic heterocycles. The number of hydrogen-bond acceptors (Lipinski definition) is 3. The number of aliphatic carboxylic acids is 1. The van der Waals surface area contributed by atoms with Gasteiger partial charge >= 0.3 is 5.97 Å². The van der Waals surface area contributed by atoms with Crippen LogP contribution in [0.25, 0.3) is 10.8 Å². The van der Waals surface area contributed by atoms with E-state index in [1.807, 2.05) is 47.4 Å². The molecule has 1 unspecified atom stereocenters. The molecule has 2 aromatic carbocycles. The Kier molecular flexibility index (Phi) is 3.66. The van der Waals surface area contributed by atoms with Crippen molar-refractivity contribution in [2.24, 2.45) is 0 Å². The molecular weight excluding hydrogens is 266 g/mol. The highest BCUT2D eigenvalue weighted by Crippen LogP contribution is 2.34. The lowest BCUT2D eigenvalue weighted by atomic mass is 9.86. The molecule has 0 radical (unpaired) electrons.